The zero-order valence-corrected chi connectivity index (χ0v) is 11.5. The number of fused-ring (bicyclic) bond motifs is 1. The monoisotopic (exact) mass is 279 g/mol. The van der Waals surface area contributed by atoms with E-state index in [1.807, 2.05) is 6.92 Å². The molecule has 2 atom stereocenters. The van der Waals surface area contributed by atoms with Crippen LogP contribution >= 0.6 is 0 Å². The van der Waals surface area contributed by atoms with Gasteiger partial charge in [0.25, 0.3) is 5.69 Å². The average Bonchev–Trinajstić information content (AvgIpc) is 2.61. The first-order valence-electron chi connectivity index (χ1n) is 6.54. The summed E-state index contributed by atoms with van der Waals surface area (Å²) in [5.41, 5.74) is -0.171. The van der Waals surface area contributed by atoms with Crippen LogP contribution in [-0.2, 0) is 21.6 Å². The van der Waals surface area contributed by atoms with Crippen molar-refractivity contribution in [2.24, 2.45) is 5.92 Å². The van der Waals surface area contributed by atoms with Gasteiger partial charge in [-0.25, -0.2) is 0 Å². The number of hydrogen-bond acceptors (Lipinski definition) is 5. The van der Waals surface area contributed by atoms with Crippen LogP contribution in [0.5, 0.6) is 0 Å². The van der Waals surface area contributed by atoms with Gasteiger partial charge >= 0.3 is 5.97 Å². The van der Waals surface area contributed by atoms with Crippen molar-refractivity contribution in [3.05, 3.63) is 39.4 Å². The van der Waals surface area contributed by atoms with Gasteiger partial charge in [-0.05, 0) is 30.4 Å². The van der Waals surface area contributed by atoms with Crippen LogP contribution in [0, 0.1) is 16.0 Å². The molecule has 0 aliphatic heterocycles. The highest BCUT2D eigenvalue weighted by Gasteiger charge is 2.45. The number of ether oxygens (including phenoxy) is 1. The van der Waals surface area contributed by atoms with Gasteiger partial charge in [0.2, 0.25) is 0 Å². The summed E-state index contributed by atoms with van der Waals surface area (Å²) >= 11 is 0. The van der Waals surface area contributed by atoms with Crippen LogP contribution in [0.3, 0.4) is 0 Å². The highest BCUT2D eigenvalue weighted by Crippen LogP contribution is 2.45. The molecule has 6 nitrogen and oxygen atoms in total. The van der Waals surface area contributed by atoms with Crippen molar-refractivity contribution in [3.8, 4) is 0 Å². The van der Waals surface area contributed by atoms with Crippen LogP contribution in [0.1, 0.15) is 31.4 Å². The van der Waals surface area contributed by atoms with Gasteiger partial charge in [-0.2, -0.15) is 0 Å². The summed E-state index contributed by atoms with van der Waals surface area (Å²) in [4.78, 5) is 22.0. The molecule has 1 N–H and O–H groups in total. The van der Waals surface area contributed by atoms with Gasteiger partial charge in [0, 0.05) is 12.1 Å². The van der Waals surface area contributed by atoms with E-state index in [1.165, 1.54) is 12.1 Å². The van der Waals surface area contributed by atoms with E-state index in [2.05, 4.69) is 0 Å². The van der Waals surface area contributed by atoms with E-state index in [1.54, 1.807) is 13.0 Å². The number of nitrogens with zero attached hydrogens (tertiary/aromatic N) is 1. The van der Waals surface area contributed by atoms with Crippen LogP contribution in [0.2, 0.25) is 0 Å². The number of carbonyl (C=O) groups excluding carboxylic acids is 1. The first-order valence-corrected chi connectivity index (χ1v) is 6.54. The normalized spacial score (nSPS) is 24.2. The number of non-ortho nitro benzene ring substituents is 1. The molecule has 2 rings (SSSR count). The number of benzene rings is 1. The van der Waals surface area contributed by atoms with E-state index in [4.69, 9.17) is 4.74 Å². The second-order valence-electron chi connectivity index (χ2n) is 5.11. The first-order chi connectivity index (χ1) is 9.38. The maximum Gasteiger partial charge on any atom is 0.309 e. The summed E-state index contributed by atoms with van der Waals surface area (Å²) in [5, 5.41) is 21.6. The Bertz CT molecular complexity index is 556. The Hall–Kier alpha value is -1.95. The minimum Gasteiger partial charge on any atom is -0.466 e. The van der Waals surface area contributed by atoms with Gasteiger partial charge in [0.1, 0.15) is 5.60 Å². The Morgan fingerprint density at radius 2 is 2.30 bits per heavy atom. The summed E-state index contributed by atoms with van der Waals surface area (Å²) in [6, 6.07) is 4.42. The Morgan fingerprint density at radius 1 is 1.60 bits per heavy atom. The molecule has 0 heterocycles. The highest BCUT2D eigenvalue weighted by atomic mass is 16.6. The Labute approximate surface area is 116 Å². The van der Waals surface area contributed by atoms with E-state index >= 15 is 0 Å². The predicted molar refractivity (Wildman–Crippen MR) is 71.1 cm³/mol. The van der Waals surface area contributed by atoms with Crippen molar-refractivity contribution in [1.82, 2.24) is 0 Å². The van der Waals surface area contributed by atoms with Crippen molar-refractivity contribution < 1.29 is 19.6 Å². The fourth-order valence-corrected chi connectivity index (χ4v) is 2.72. The third-order valence-electron chi connectivity index (χ3n) is 3.83. The van der Waals surface area contributed by atoms with Crippen LogP contribution < -0.4 is 0 Å². The lowest BCUT2D eigenvalue weighted by Crippen LogP contribution is -2.33. The molecule has 1 aliphatic carbocycles. The number of nitro benzene ring substituents is 1. The maximum absolute atomic E-state index is 11.7. The molecule has 108 valence electrons. The highest BCUT2D eigenvalue weighted by molar-refractivity contribution is 5.72. The molecule has 1 aromatic carbocycles. The molecule has 0 saturated carbocycles. The standard InChI is InChI=1S/C14H17NO5/c1-3-20-13(16)8-14(17)9(2)6-10-4-5-11(15(18)19)7-12(10)14/h4-5,7,9,17H,3,6,8H2,1-2H3. The van der Waals surface area contributed by atoms with E-state index in [-0.39, 0.29) is 24.6 Å². The lowest BCUT2D eigenvalue weighted by atomic mass is 9.85. The van der Waals surface area contributed by atoms with Crippen LogP contribution in [-0.4, -0.2) is 22.6 Å². The Balaban J connectivity index is 2.38. The quantitative estimate of drug-likeness (QED) is 0.516. The molecular weight excluding hydrogens is 262 g/mol. The molecule has 2 unspecified atom stereocenters. The minimum absolute atomic E-state index is 0.0832. The third-order valence-corrected chi connectivity index (χ3v) is 3.83. The fraction of sp³-hybridized carbons (Fsp3) is 0.500. The number of nitro groups is 1. The van der Waals surface area contributed by atoms with E-state index in [0.29, 0.717) is 12.0 Å². The fourth-order valence-electron chi connectivity index (χ4n) is 2.72. The largest absolute Gasteiger partial charge is 0.466 e. The second kappa shape index (κ2) is 5.20. The van der Waals surface area contributed by atoms with Gasteiger partial charge in [-0.15, -0.1) is 0 Å². The maximum atomic E-state index is 11.7. The predicted octanol–water partition coefficient (Wildman–Crippen LogP) is 1.93. The van der Waals surface area contributed by atoms with Crippen LogP contribution in [0.25, 0.3) is 0 Å². The molecule has 0 bridgehead atoms. The van der Waals surface area contributed by atoms with E-state index < -0.39 is 16.5 Å². The third kappa shape index (κ3) is 2.38. The van der Waals surface area contributed by atoms with Crippen LogP contribution in [0.15, 0.2) is 18.2 Å². The number of aliphatic hydroxyl groups is 1. The van der Waals surface area contributed by atoms with Crippen LogP contribution in [0.4, 0.5) is 5.69 Å². The summed E-state index contributed by atoms with van der Waals surface area (Å²) in [6.07, 6.45) is 0.402. The zero-order valence-electron chi connectivity index (χ0n) is 11.5. The van der Waals surface area contributed by atoms with Gasteiger partial charge in [0.15, 0.2) is 0 Å². The second-order valence-corrected chi connectivity index (χ2v) is 5.11. The van der Waals surface area contributed by atoms with Crippen molar-refractivity contribution in [1.29, 1.82) is 0 Å². The average molecular weight is 279 g/mol. The van der Waals surface area contributed by atoms with Gasteiger partial charge in [-0.1, -0.05) is 13.0 Å². The van der Waals surface area contributed by atoms with Gasteiger partial charge < -0.3 is 9.84 Å². The Kier molecular flexibility index (Phi) is 3.76. The molecule has 20 heavy (non-hydrogen) atoms. The molecule has 6 heteroatoms. The van der Waals surface area contributed by atoms with E-state index in [9.17, 15) is 20.0 Å². The van der Waals surface area contributed by atoms with Crippen molar-refractivity contribution in [3.63, 3.8) is 0 Å². The molecule has 0 fully saturated rings. The molecule has 1 aliphatic rings. The summed E-state index contributed by atoms with van der Waals surface area (Å²) in [6.45, 7) is 3.76. The summed E-state index contributed by atoms with van der Waals surface area (Å²) in [5.74, 6) is -0.690. The SMILES string of the molecule is CCOC(=O)CC1(O)c2cc([N+](=O)[O-])ccc2CC1C. The van der Waals surface area contributed by atoms with Crippen molar-refractivity contribution in [2.75, 3.05) is 6.61 Å². The van der Waals surface area contributed by atoms with Gasteiger partial charge in [0.05, 0.1) is 18.0 Å². The molecule has 0 saturated heterocycles. The topological polar surface area (TPSA) is 89.7 Å². The number of carbonyl (C=O) groups is 1. The van der Waals surface area contributed by atoms with Gasteiger partial charge in [-0.3, -0.25) is 14.9 Å². The lowest BCUT2D eigenvalue weighted by Gasteiger charge is -2.27. The first kappa shape index (κ1) is 14.5. The minimum atomic E-state index is -1.40. The number of rotatable bonds is 4. The molecule has 0 amide bonds. The molecule has 0 radical (unpaired) electrons. The Morgan fingerprint density at radius 3 is 2.90 bits per heavy atom. The molecular formula is C14H17NO5. The number of hydrogen-bond donors (Lipinski definition) is 1. The van der Waals surface area contributed by atoms with E-state index in [0.717, 1.165) is 5.56 Å². The summed E-state index contributed by atoms with van der Waals surface area (Å²) in [7, 11) is 0. The van der Waals surface area contributed by atoms with Crippen molar-refractivity contribution >= 4 is 11.7 Å². The van der Waals surface area contributed by atoms with Crippen molar-refractivity contribution in [2.45, 2.75) is 32.3 Å². The smallest absolute Gasteiger partial charge is 0.309 e. The summed E-state index contributed by atoms with van der Waals surface area (Å²) < 4.78 is 4.88. The lowest BCUT2D eigenvalue weighted by molar-refractivity contribution is -0.385. The number of esters is 1. The zero-order chi connectivity index (χ0) is 14.9. The molecule has 0 spiro atoms. The molecule has 0 aromatic heterocycles. The molecule has 1 aromatic rings.